The summed E-state index contributed by atoms with van der Waals surface area (Å²) in [4.78, 5) is 3.34. The van der Waals surface area contributed by atoms with Crippen LogP contribution in [0, 0.1) is 0 Å². The molecule has 1 nitrogen and oxygen atoms in total. The second-order valence-corrected chi connectivity index (χ2v) is 3.46. The Morgan fingerprint density at radius 3 is 2.75 bits per heavy atom. The number of fused-ring (bicyclic) bond motifs is 1. The minimum atomic E-state index is 1.20. The maximum absolute atomic E-state index is 3.34. The van der Waals surface area contributed by atoms with Crippen molar-refractivity contribution < 1.29 is 4.98 Å². The summed E-state index contributed by atoms with van der Waals surface area (Å²) in [7, 11) is 0. The van der Waals surface area contributed by atoms with E-state index in [4.69, 9.17) is 0 Å². The average Bonchev–Trinajstić information content (AvgIpc) is 2.17. The first-order chi connectivity index (χ1) is 5.90. The van der Waals surface area contributed by atoms with Gasteiger partial charge in [-0.1, -0.05) is 23.9 Å². The predicted octanol–water partition coefficient (Wildman–Crippen LogP) is 2.38. The van der Waals surface area contributed by atoms with Crippen LogP contribution in [0.1, 0.15) is 0 Å². The number of benzene rings is 1. The highest BCUT2D eigenvalue weighted by atomic mass is 32.2. The predicted molar refractivity (Wildman–Crippen MR) is 52.3 cm³/mol. The molecule has 0 aliphatic carbocycles. The summed E-state index contributed by atoms with van der Waals surface area (Å²) in [5.74, 6) is 0. The van der Waals surface area contributed by atoms with Crippen molar-refractivity contribution in [1.29, 1.82) is 0 Å². The summed E-state index contributed by atoms with van der Waals surface area (Å²) in [5.41, 5.74) is 1.20. The Morgan fingerprint density at radius 2 is 1.92 bits per heavy atom. The molecule has 0 atom stereocenters. The second kappa shape index (κ2) is 3.15. The fraction of sp³-hybridized carbons (Fsp3) is 0.100. The van der Waals surface area contributed by atoms with E-state index in [1.165, 1.54) is 15.9 Å². The Morgan fingerprint density at radius 1 is 1.08 bits per heavy atom. The smallest absolute Gasteiger partial charge is 0.199 e. The normalized spacial score (nSPS) is 10.4. The van der Waals surface area contributed by atoms with Gasteiger partial charge < -0.3 is 0 Å². The summed E-state index contributed by atoms with van der Waals surface area (Å²) in [6.07, 6.45) is 2.07. The molecule has 0 fully saturated rings. The molecule has 0 radical (unpaired) electrons. The molecule has 1 aromatic carbocycles. The van der Waals surface area contributed by atoms with E-state index in [0.717, 1.165) is 0 Å². The maximum atomic E-state index is 3.34. The molecule has 0 aliphatic heterocycles. The molecule has 0 saturated heterocycles. The summed E-state index contributed by atoms with van der Waals surface area (Å²) >= 11 is 1.73. The highest BCUT2D eigenvalue weighted by molar-refractivity contribution is 7.98. The number of para-hydroxylation sites is 1. The van der Waals surface area contributed by atoms with Crippen LogP contribution in [0.3, 0.4) is 0 Å². The molecular formula is C10H10NS+. The van der Waals surface area contributed by atoms with Crippen molar-refractivity contribution in [3.8, 4) is 0 Å². The van der Waals surface area contributed by atoms with E-state index in [9.17, 15) is 0 Å². The van der Waals surface area contributed by atoms with E-state index in [1.807, 2.05) is 6.07 Å². The molecule has 12 heavy (non-hydrogen) atoms. The fourth-order valence-electron chi connectivity index (χ4n) is 1.22. The van der Waals surface area contributed by atoms with Crippen LogP contribution in [-0.4, -0.2) is 6.26 Å². The Labute approximate surface area is 75.8 Å². The Balaban J connectivity index is 2.67. The first-order valence-corrected chi connectivity index (χ1v) is 5.08. The molecule has 1 aromatic heterocycles. The monoisotopic (exact) mass is 176 g/mol. The van der Waals surface area contributed by atoms with Gasteiger partial charge in [-0.3, -0.25) is 0 Å². The zero-order valence-electron chi connectivity index (χ0n) is 6.87. The fourth-order valence-corrected chi connectivity index (χ4v) is 1.63. The number of hydrogen-bond donors (Lipinski definition) is 0. The van der Waals surface area contributed by atoms with Crippen LogP contribution in [0.5, 0.6) is 0 Å². The van der Waals surface area contributed by atoms with Crippen molar-refractivity contribution in [3.63, 3.8) is 0 Å². The van der Waals surface area contributed by atoms with Crippen molar-refractivity contribution >= 4 is 22.7 Å². The Kier molecular flexibility index (Phi) is 2.00. The van der Waals surface area contributed by atoms with Gasteiger partial charge in [0.2, 0.25) is 10.5 Å². The van der Waals surface area contributed by atoms with Crippen LogP contribution in [-0.2, 0) is 0 Å². The van der Waals surface area contributed by atoms with Gasteiger partial charge in [0.05, 0.1) is 0 Å². The van der Waals surface area contributed by atoms with Gasteiger partial charge in [0.25, 0.3) is 0 Å². The molecule has 2 rings (SSSR count). The Bertz CT molecular complexity index is 398. The van der Waals surface area contributed by atoms with Crippen LogP contribution in [0.2, 0.25) is 0 Å². The van der Waals surface area contributed by atoms with E-state index >= 15 is 0 Å². The largest absolute Gasteiger partial charge is 0.238 e. The Hall–Kier alpha value is -1.02. The topological polar surface area (TPSA) is 14.1 Å². The van der Waals surface area contributed by atoms with Gasteiger partial charge in [0.1, 0.15) is 0 Å². The highest BCUT2D eigenvalue weighted by Gasteiger charge is 2.01. The third-order valence-electron chi connectivity index (χ3n) is 1.85. The summed E-state index contributed by atoms with van der Waals surface area (Å²) < 4.78 is 0. The van der Waals surface area contributed by atoms with Crippen LogP contribution in [0.4, 0.5) is 0 Å². The lowest BCUT2D eigenvalue weighted by Crippen LogP contribution is -2.05. The van der Waals surface area contributed by atoms with E-state index in [1.54, 1.807) is 11.8 Å². The molecule has 0 spiro atoms. The van der Waals surface area contributed by atoms with Crippen molar-refractivity contribution in [2.24, 2.45) is 0 Å². The molecule has 0 aliphatic rings. The van der Waals surface area contributed by atoms with Gasteiger partial charge in [-0.2, -0.15) is 4.98 Å². The first kappa shape index (κ1) is 7.62. The average molecular weight is 176 g/mol. The van der Waals surface area contributed by atoms with Gasteiger partial charge in [0, 0.05) is 17.5 Å². The number of pyridine rings is 1. The lowest BCUT2D eigenvalue weighted by atomic mass is 10.2. The third kappa shape index (κ3) is 1.30. The van der Waals surface area contributed by atoms with E-state index in [0.29, 0.717) is 0 Å². The lowest BCUT2D eigenvalue weighted by molar-refractivity contribution is -0.394. The van der Waals surface area contributed by atoms with Crippen molar-refractivity contribution in [2.75, 3.05) is 6.26 Å². The third-order valence-corrected chi connectivity index (χ3v) is 2.53. The first-order valence-electron chi connectivity index (χ1n) is 3.85. The maximum Gasteiger partial charge on any atom is 0.238 e. The van der Waals surface area contributed by atoms with Gasteiger partial charge in [-0.15, -0.1) is 0 Å². The van der Waals surface area contributed by atoms with Gasteiger partial charge in [-0.25, -0.2) is 0 Å². The molecule has 2 heteroatoms. The SMILES string of the molecule is CSc1ccc2ccccc2[nH+]1. The highest BCUT2D eigenvalue weighted by Crippen LogP contribution is 2.12. The number of thioether (sulfide) groups is 1. The number of rotatable bonds is 1. The lowest BCUT2D eigenvalue weighted by Gasteiger charge is -1.91. The molecule has 0 bridgehead atoms. The second-order valence-electron chi connectivity index (χ2n) is 2.61. The minimum absolute atomic E-state index is 1.20. The molecule has 0 amide bonds. The molecular weight excluding hydrogens is 166 g/mol. The molecule has 60 valence electrons. The van der Waals surface area contributed by atoms with Crippen molar-refractivity contribution in [2.45, 2.75) is 5.03 Å². The number of aromatic nitrogens is 1. The van der Waals surface area contributed by atoms with Crippen LogP contribution >= 0.6 is 11.8 Å². The van der Waals surface area contributed by atoms with Crippen molar-refractivity contribution in [1.82, 2.24) is 0 Å². The zero-order valence-corrected chi connectivity index (χ0v) is 7.69. The molecule has 0 unspecified atom stereocenters. The standard InChI is InChI=1S/C10H9NS/c1-12-10-7-6-8-4-2-3-5-9(8)11-10/h2-7H,1H3/p+1. The molecule has 2 aromatic rings. The van der Waals surface area contributed by atoms with Gasteiger partial charge in [-0.05, 0) is 18.4 Å². The number of H-pyrrole nitrogens is 1. The van der Waals surface area contributed by atoms with Crippen LogP contribution < -0.4 is 4.98 Å². The zero-order chi connectivity index (χ0) is 8.39. The summed E-state index contributed by atoms with van der Waals surface area (Å²) in [6.45, 7) is 0. The van der Waals surface area contributed by atoms with Gasteiger partial charge >= 0.3 is 0 Å². The van der Waals surface area contributed by atoms with Crippen LogP contribution in [0.15, 0.2) is 41.4 Å². The summed E-state index contributed by atoms with van der Waals surface area (Å²) in [6, 6.07) is 12.5. The van der Waals surface area contributed by atoms with E-state index < -0.39 is 0 Å². The number of nitrogens with one attached hydrogen (secondary N) is 1. The van der Waals surface area contributed by atoms with Crippen LogP contribution in [0.25, 0.3) is 10.9 Å². The number of aromatic amines is 1. The van der Waals surface area contributed by atoms with Gasteiger partial charge in [0.15, 0.2) is 0 Å². The molecule has 1 N–H and O–H groups in total. The van der Waals surface area contributed by atoms with E-state index in [-0.39, 0.29) is 0 Å². The van der Waals surface area contributed by atoms with Crippen molar-refractivity contribution in [3.05, 3.63) is 36.4 Å². The molecule has 1 heterocycles. The quantitative estimate of drug-likeness (QED) is 0.608. The number of hydrogen-bond acceptors (Lipinski definition) is 1. The van der Waals surface area contributed by atoms with E-state index in [2.05, 4.69) is 41.6 Å². The molecule has 0 saturated carbocycles. The summed E-state index contributed by atoms with van der Waals surface area (Å²) in [5, 5.41) is 2.46. The minimum Gasteiger partial charge on any atom is -0.199 e.